The van der Waals surface area contributed by atoms with E-state index in [-0.39, 0.29) is 22.0 Å². The van der Waals surface area contributed by atoms with E-state index in [1.54, 1.807) is 0 Å². The fourth-order valence-corrected chi connectivity index (χ4v) is 2.76. The van der Waals surface area contributed by atoms with Gasteiger partial charge in [0.05, 0.1) is 22.8 Å². The quantitative estimate of drug-likeness (QED) is 0.852. The summed E-state index contributed by atoms with van der Waals surface area (Å²) < 4.78 is 25.7. The van der Waals surface area contributed by atoms with Gasteiger partial charge in [0.2, 0.25) is 10.0 Å². The average molecular weight is 275 g/mol. The Hall–Kier alpha value is -1.13. The van der Waals surface area contributed by atoms with Crippen LogP contribution in [0.15, 0.2) is 23.1 Å². The fourth-order valence-electron chi connectivity index (χ4n) is 1.10. The third-order valence-corrected chi connectivity index (χ3v) is 3.83. The van der Waals surface area contributed by atoms with Crippen LogP contribution in [0, 0.1) is 11.3 Å². The molecule has 1 rings (SSSR count). The normalized spacial score (nSPS) is 13.1. The molecule has 92 valence electrons. The number of halogens is 1. The van der Waals surface area contributed by atoms with Gasteiger partial charge in [-0.05, 0) is 25.1 Å². The topological polar surface area (TPSA) is 90.2 Å². The van der Waals surface area contributed by atoms with Crippen LogP contribution in [0.25, 0.3) is 0 Å². The molecule has 0 amide bonds. The molecule has 0 aliphatic rings. The lowest BCUT2D eigenvalue weighted by molar-refractivity contribution is 0.198. The second-order valence-corrected chi connectivity index (χ2v) is 5.60. The van der Waals surface area contributed by atoms with Gasteiger partial charge in [-0.25, -0.2) is 13.1 Å². The van der Waals surface area contributed by atoms with E-state index in [9.17, 15) is 8.42 Å². The predicted molar refractivity (Wildman–Crippen MR) is 63.0 cm³/mol. The van der Waals surface area contributed by atoms with Crippen molar-refractivity contribution in [2.45, 2.75) is 17.9 Å². The minimum absolute atomic E-state index is 0.0258. The number of aliphatic hydroxyl groups is 1. The largest absolute Gasteiger partial charge is 0.392 e. The average Bonchev–Trinajstić information content (AvgIpc) is 2.26. The van der Waals surface area contributed by atoms with E-state index in [4.69, 9.17) is 22.0 Å². The number of aliphatic hydroxyl groups excluding tert-OH is 1. The number of nitriles is 1. The van der Waals surface area contributed by atoms with Crippen LogP contribution in [0.1, 0.15) is 12.5 Å². The Bertz CT molecular complexity index is 549. The van der Waals surface area contributed by atoms with Gasteiger partial charge in [0.1, 0.15) is 4.90 Å². The van der Waals surface area contributed by atoms with Gasteiger partial charge in [0, 0.05) is 6.54 Å². The molecule has 0 saturated heterocycles. The van der Waals surface area contributed by atoms with Crippen LogP contribution in [-0.4, -0.2) is 26.2 Å². The van der Waals surface area contributed by atoms with E-state index in [0.717, 1.165) is 0 Å². The molecule has 5 nitrogen and oxygen atoms in total. The molecule has 1 aromatic carbocycles. The van der Waals surface area contributed by atoms with Gasteiger partial charge in [0.15, 0.2) is 0 Å². The summed E-state index contributed by atoms with van der Waals surface area (Å²) >= 11 is 5.78. The Balaban J connectivity index is 3.04. The van der Waals surface area contributed by atoms with Gasteiger partial charge >= 0.3 is 0 Å². The highest BCUT2D eigenvalue weighted by atomic mass is 35.5. The van der Waals surface area contributed by atoms with Crippen LogP contribution >= 0.6 is 11.6 Å². The van der Waals surface area contributed by atoms with Gasteiger partial charge in [-0.3, -0.25) is 0 Å². The van der Waals surface area contributed by atoms with Crippen LogP contribution in [0.2, 0.25) is 5.02 Å². The summed E-state index contributed by atoms with van der Waals surface area (Å²) in [6.07, 6.45) is -0.790. The maximum atomic E-state index is 11.8. The summed E-state index contributed by atoms with van der Waals surface area (Å²) in [6, 6.07) is 5.75. The Labute approximate surface area is 105 Å². The molecular weight excluding hydrogens is 264 g/mol. The van der Waals surface area contributed by atoms with Gasteiger partial charge in [-0.2, -0.15) is 5.26 Å². The zero-order chi connectivity index (χ0) is 13.1. The SMILES string of the molecule is C[C@H](O)CNS(=O)(=O)c1ccc(C#N)cc1Cl. The molecule has 0 spiro atoms. The number of hydrogen-bond acceptors (Lipinski definition) is 4. The number of hydrogen-bond donors (Lipinski definition) is 2. The lowest BCUT2D eigenvalue weighted by Crippen LogP contribution is -2.30. The van der Waals surface area contributed by atoms with Gasteiger partial charge in [0.25, 0.3) is 0 Å². The summed E-state index contributed by atoms with van der Waals surface area (Å²) in [6.45, 7) is 1.36. The van der Waals surface area contributed by atoms with Crippen molar-refractivity contribution in [3.63, 3.8) is 0 Å². The Morgan fingerprint density at radius 1 is 1.59 bits per heavy atom. The minimum atomic E-state index is -3.76. The van der Waals surface area contributed by atoms with Crippen molar-refractivity contribution in [2.24, 2.45) is 0 Å². The number of nitrogens with one attached hydrogen (secondary N) is 1. The van der Waals surface area contributed by atoms with Crippen LogP contribution in [0.4, 0.5) is 0 Å². The lowest BCUT2D eigenvalue weighted by atomic mass is 10.2. The first-order chi connectivity index (χ1) is 7.86. The summed E-state index contributed by atoms with van der Waals surface area (Å²) in [5.41, 5.74) is 0.282. The molecule has 0 radical (unpaired) electrons. The van der Waals surface area contributed by atoms with Crippen molar-refractivity contribution in [1.29, 1.82) is 5.26 Å². The third-order valence-electron chi connectivity index (χ3n) is 1.92. The monoisotopic (exact) mass is 274 g/mol. The number of nitrogens with zero attached hydrogens (tertiary/aromatic N) is 1. The zero-order valence-corrected chi connectivity index (χ0v) is 10.6. The predicted octanol–water partition coefficient (Wildman–Crippen LogP) is 0.871. The highest BCUT2D eigenvalue weighted by molar-refractivity contribution is 7.89. The number of benzene rings is 1. The molecule has 0 aliphatic heterocycles. The molecule has 0 unspecified atom stereocenters. The van der Waals surface area contributed by atoms with Gasteiger partial charge < -0.3 is 5.11 Å². The zero-order valence-electron chi connectivity index (χ0n) is 9.01. The van der Waals surface area contributed by atoms with Gasteiger partial charge in [-0.1, -0.05) is 11.6 Å². The van der Waals surface area contributed by atoms with E-state index < -0.39 is 16.1 Å². The smallest absolute Gasteiger partial charge is 0.242 e. The van der Waals surface area contributed by atoms with Crippen molar-refractivity contribution in [2.75, 3.05) is 6.54 Å². The highest BCUT2D eigenvalue weighted by Gasteiger charge is 2.18. The van der Waals surface area contributed by atoms with E-state index in [0.29, 0.717) is 0 Å². The molecule has 2 N–H and O–H groups in total. The number of sulfonamides is 1. The first-order valence-corrected chi connectivity index (χ1v) is 6.60. The molecule has 1 aromatic rings. The second kappa shape index (κ2) is 5.47. The Morgan fingerprint density at radius 2 is 2.24 bits per heavy atom. The Morgan fingerprint density at radius 3 is 2.71 bits per heavy atom. The molecule has 0 aromatic heterocycles. The Kier molecular flexibility index (Phi) is 4.48. The molecule has 0 aliphatic carbocycles. The van der Waals surface area contributed by atoms with Crippen molar-refractivity contribution in [1.82, 2.24) is 4.72 Å². The first-order valence-electron chi connectivity index (χ1n) is 4.74. The van der Waals surface area contributed by atoms with E-state index in [1.807, 2.05) is 6.07 Å². The molecule has 1 atom stereocenters. The van der Waals surface area contributed by atoms with Crippen LogP contribution in [0.5, 0.6) is 0 Å². The van der Waals surface area contributed by atoms with Crippen molar-refractivity contribution >= 4 is 21.6 Å². The minimum Gasteiger partial charge on any atom is -0.392 e. The van der Waals surface area contributed by atoms with Crippen molar-refractivity contribution < 1.29 is 13.5 Å². The van der Waals surface area contributed by atoms with Crippen LogP contribution < -0.4 is 4.72 Å². The third kappa shape index (κ3) is 3.68. The molecule has 7 heteroatoms. The highest BCUT2D eigenvalue weighted by Crippen LogP contribution is 2.22. The fraction of sp³-hybridized carbons (Fsp3) is 0.300. The summed E-state index contributed by atoms with van der Waals surface area (Å²) in [5, 5.41) is 17.6. The summed E-state index contributed by atoms with van der Waals surface area (Å²) in [5.74, 6) is 0. The molecule has 0 heterocycles. The molecule has 0 saturated carbocycles. The number of rotatable bonds is 4. The molecule has 0 fully saturated rings. The van der Waals surface area contributed by atoms with Gasteiger partial charge in [-0.15, -0.1) is 0 Å². The molecule has 0 bridgehead atoms. The first kappa shape index (κ1) is 13.9. The molecular formula is C10H11ClN2O3S. The maximum absolute atomic E-state index is 11.8. The maximum Gasteiger partial charge on any atom is 0.242 e. The van der Waals surface area contributed by atoms with E-state index in [1.165, 1.54) is 25.1 Å². The van der Waals surface area contributed by atoms with E-state index >= 15 is 0 Å². The molecule has 17 heavy (non-hydrogen) atoms. The summed E-state index contributed by atoms with van der Waals surface area (Å²) in [4.78, 5) is -0.112. The van der Waals surface area contributed by atoms with E-state index in [2.05, 4.69) is 4.72 Å². The lowest BCUT2D eigenvalue weighted by Gasteiger charge is -2.09. The van der Waals surface area contributed by atoms with Crippen molar-refractivity contribution in [3.8, 4) is 6.07 Å². The summed E-state index contributed by atoms with van der Waals surface area (Å²) in [7, 11) is -3.76. The standard InChI is InChI=1S/C10H11ClN2O3S/c1-7(14)6-13-17(15,16)10-3-2-8(5-12)4-9(10)11/h2-4,7,13-14H,6H2,1H3/t7-/m0/s1. The second-order valence-electron chi connectivity index (χ2n) is 3.46. The van der Waals surface area contributed by atoms with Crippen LogP contribution in [-0.2, 0) is 10.0 Å². The van der Waals surface area contributed by atoms with Crippen molar-refractivity contribution in [3.05, 3.63) is 28.8 Å². The van der Waals surface area contributed by atoms with Crippen LogP contribution in [0.3, 0.4) is 0 Å².